The standard InChI is InChI=1S/C26H24N4O4S/c1-15-13-20(18(4)35-15)22-14-21(23-16(2)29-34-24(23)28-22)26(32)33-17(3)25(31)30(12-8-11-27)19-9-6-5-7-10-19/h5-7,9-10,13-14,17H,8,12H2,1-4H3. The van der Waals surface area contributed by atoms with Crippen LogP contribution in [0.5, 0.6) is 0 Å². The van der Waals surface area contributed by atoms with Crippen molar-refractivity contribution in [3.8, 4) is 17.3 Å². The summed E-state index contributed by atoms with van der Waals surface area (Å²) >= 11 is 1.64. The van der Waals surface area contributed by atoms with Gasteiger partial charge in [-0.2, -0.15) is 5.26 Å². The highest BCUT2D eigenvalue weighted by Gasteiger charge is 2.28. The van der Waals surface area contributed by atoms with E-state index >= 15 is 0 Å². The van der Waals surface area contributed by atoms with Crippen molar-refractivity contribution in [1.82, 2.24) is 10.1 Å². The highest BCUT2D eigenvalue weighted by molar-refractivity contribution is 7.12. The van der Waals surface area contributed by atoms with Crippen molar-refractivity contribution in [2.45, 2.75) is 40.2 Å². The molecule has 0 aliphatic rings. The number of aromatic nitrogens is 2. The molecular weight excluding hydrogens is 464 g/mol. The van der Waals surface area contributed by atoms with Crippen LogP contribution in [0.4, 0.5) is 5.69 Å². The number of aryl methyl sites for hydroxylation is 3. The third-order valence-electron chi connectivity index (χ3n) is 5.57. The molecule has 0 aliphatic carbocycles. The van der Waals surface area contributed by atoms with Crippen LogP contribution in [0.15, 0.2) is 47.0 Å². The number of carbonyl (C=O) groups is 2. The van der Waals surface area contributed by atoms with Gasteiger partial charge in [0.15, 0.2) is 6.10 Å². The third-order valence-corrected chi connectivity index (χ3v) is 6.53. The number of fused-ring (bicyclic) bond motifs is 1. The fourth-order valence-electron chi connectivity index (χ4n) is 3.91. The maximum atomic E-state index is 13.3. The van der Waals surface area contributed by atoms with Gasteiger partial charge in [0.2, 0.25) is 0 Å². The van der Waals surface area contributed by atoms with Gasteiger partial charge < -0.3 is 14.2 Å². The Morgan fingerprint density at radius 2 is 1.94 bits per heavy atom. The molecule has 0 saturated carbocycles. The molecule has 9 heteroatoms. The number of para-hydroxylation sites is 1. The van der Waals surface area contributed by atoms with Crippen molar-refractivity contribution in [3.05, 3.63) is 63.5 Å². The second-order valence-electron chi connectivity index (χ2n) is 8.11. The number of amides is 1. The molecule has 1 aromatic carbocycles. The zero-order chi connectivity index (χ0) is 25.1. The fraction of sp³-hybridized carbons (Fsp3) is 0.269. The van der Waals surface area contributed by atoms with Crippen LogP contribution in [0, 0.1) is 32.1 Å². The Labute approximate surface area is 206 Å². The average Bonchev–Trinajstić information content (AvgIpc) is 3.39. The average molecular weight is 489 g/mol. The minimum atomic E-state index is -1.08. The topological polar surface area (TPSA) is 109 Å². The van der Waals surface area contributed by atoms with Gasteiger partial charge in [0, 0.05) is 27.5 Å². The SMILES string of the molecule is Cc1cc(-c2cc(C(=O)OC(C)C(=O)N(CCC#N)c3ccccc3)c3c(C)noc3n2)c(C)s1. The molecule has 1 atom stereocenters. The predicted molar refractivity (Wildman–Crippen MR) is 133 cm³/mol. The van der Waals surface area contributed by atoms with Gasteiger partial charge in [-0.3, -0.25) is 4.79 Å². The van der Waals surface area contributed by atoms with E-state index in [4.69, 9.17) is 14.5 Å². The zero-order valence-corrected chi connectivity index (χ0v) is 20.7. The van der Waals surface area contributed by atoms with Crippen LogP contribution in [-0.4, -0.2) is 34.7 Å². The lowest BCUT2D eigenvalue weighted by atomic mass is 10.1. The molecule has 0 radical (unpaired) electrons. The Bertz CT molecular complexity index is 1440. The number of ether oxygens (including phenoxy) is 1. The summed E-state index contributed by atoms with van der Waals surface area (Å²) in [6.45, 7) is 7.42. The molecule has 8 nitrogen and oxygen atoms in total. The summed E-state index contributed by atoms with van der Waals surface area (Å²) in [5.74, 6) is -1.10. The van der Waals surface area contributed by atoms with E-state index < -0.39 is 18.0 Å². The van der Waals surface area contributed by atoms with Crippen LogP contribution >= 0.6 is 11.3 Å². The third kappa shape index (κ3) is 4.93. The van der Waals surface area contributed by atoms with E-state index in [1.807, 2.05) is 26.0 Å². The molecule has 1 amide bonds. The van der Waals surface area contributed by atoms with Crippen LogP contribution < -0.4 is 4.90 Å². The molecule has 178 valence electrons. The molecule has 0 fully saturated rings. The van der Waals surface area contributed by atoms with Gasteiger partial charge in [-0.15, -0.1) is 11.3 Å². The highest BCUT2D eigenvalue weighted by atomic mass is 32.1. The lowest BCUT2D eigenvalue weighted by Crippen LogP contribution is -2.40. The Balaban J connectivity index is 1.66. The van der Waals surface area contributed by atoms with Crippen molar-refractivity contribution < 1.29 is 18.8 Å². The van der Waals surface area contributed by atoms with Crippen molar-refractivity contribution >= 4 is 40.0 Å². The Morgan fingerprint density at radius 1 is 1.20 bits per heavy atom. The van der Waals surface area contributed by atoms with Crippen LogP contribution in [0.25, 0.3) is 22.4 Å². The van der Waals surface area contributed by atoms with Crippen LogP contribution in [0.3, 0.4) is 0 Å². The van der Waals surface area contributed by atoms with E-state index in [1.165, 1.54) is 11.8 Å². The lowest BCUT2D eigenvalue weighted by Gasteiger charge is -2.25. The zero-order valence-electron chi connectivity index (χ0n) is 19.9. The van der Waals surface area contributed by atoms with Crippen LogP contribution in [0.1, 0.15) is 39.2 Å². The van der Waals surface area contributed by atoms with Gasteiger partial charge in [-0.05, 0) is 52.0 Å². The van der Waals surface area contributed by atoms with E-state index in [2.05, 4.69) is 16.2 Å². The van der Waals surface area contributed by atoms with E-state index in [0.717, 1.165) is 15.3 Å². The molecule has 0 spiro atoms. The summed E-state index contributed by atoms with van der Waals surface area (Å²) in [5, 5.41) is 13.5. The van der Waals surface area contributed by atoms with Gasteiger partial charge in [0.05, 0.1) is 34.8 Å². The molecule has 0 saturated heterocycles. The van der Waals surface area contributed by atoms with Gasteiger partial charge in [0.1, 0.15) is 0 Å². The van der Waals surface area contributed by atoms with Crippen LogP contribution in [-0.2, 0) is 9.53 Å². The summed E-state index contributed by atoms with van der Waals surface area (Å²) < 4.78 is 11.0. The molecular formula is C26H24N4O4S. The number of nitriles is 1. The van der Waals surface area contributed by atoms with Gasteiger partial charge in [-0.25, -0.2) is 9.78 Å². The number of nitrogens with zero attached hydrogens (tertiary/aromatic N) is 4. The second-order valence-corrected chi connectivity index (χ2v) is 9.57. The van der Waals surface area contributed by atoms with E-state index in [-0.39, 0.29) is 24.2 Å². The van der Waals surface area contributed by atoms with Crippen molar-refractivity contribution in [1.29, 1.82) is 5.26 Å². The number of carbonyl (C=O) groups excluding carboxylic acids is 2. The Hall–Kier alpha value is -4.03. The largest absolute Gasteiger partial charge is 0.449 e. The highest BCUT2D eigenvalue weighted by Crippen LogP contribution is 2.33. The number of hydrogen-bond donors (Lipinski definition) is 0. The van der Waals surface area contributed by atoms with Crippen LogP contribution in [0.2, 0.25) is 0 Å². The lowest BCUT2D eigenvalue weighted by molar-refractivity contribution is -0.126. The minimum Gasteiger partial charge on any atom is -0.449 e. The molecule has 35 heavy (non-hydrogen) atoms. The number of benzene rings is 1. The van der Waals surface area contributed by atoms with E-state index in [0.29, 0.717) is 22.5 Å². The van der Waals surface area contributed by atoms with Crippen molar-refractivity contribution in [2.75, 3.05) is 11.4 Å². The summed E-state index contributed by atoms with van der Waals surface area (Å²) in [7, 11) is 0. The number of thiophene rings is 1. The summed E-state index contributed by atoms with van der Waals surface area (Å²) in [4.78, 5) is 34.8. The molecule has 1 unspecified atom stereocenters. The number of pyridine rings is 1. The first-order valence-electron chi connectivity index (χ1n) is 11.1. The number of anilines is 1. The number of rotatable bonds is 7. The molecule has 0 bridgehead atoms. The quantitative estimate of drug-likeness (QED) is 0.322. The van der Waals surface area contributed by atoms with Gasteiger partial charge in [-0.1, -0.05) is 23.4 Å². The number of esters is 1. The van der Waals surface area contributed by atoms with Gasteiger partial charge >= 0.3 is 5.97 Å². The Morgan fingerprint density at radius 3 is 2.60 bits per heavy atom. The predicted octanol–water partition coefficient (Wildman–Crippen LogP) is 5.37. The molecule has 3 heterocycles. The number of hydrogen-bond acceptors (Lipinski definition) is 8. The molecule has 3 aromatic heterocycles. The normalized spacial score (nSPS) is 11.7. The second kappa shape index (κ2) is 10.1. The molecule has 4 rings (SSSR count). The molecule has 0 aliphatic heterocycles. The fourth-order valence-corrected chi connectivity index (χ4v) is 4.84. The van der Waals surface area contributed by atoms with E-state index in [9.17, 15) is 9.59 Å². The van der Waals surface area contributed by atoms with Gasteiger partial charge in [0.25, 0.3) is 11.6 Å². The van der Waals surface area contributed by atoms with Crippen molar-refractivity contribution in [3.63, 3.8) is 0 Å². The maximum absolute atomic E-state index is 13.3. The summed E-state index contributed by atoms with van der Waals surface area (Å²) in [6, 6.07) is 14.7. The maximum Gasteiger partial charge on any atom is 0.339 e. The molecule has 0 N–H and O–H groups in total. The first-order chi connectivity index (χ1) is 16.8. The first-order valence-corrected chi connectivity index (χ1v) is 11.9. The monoisotopic (exact) mass is 488 g/mol. The summed E-state index contributed by atoms with van der Waals surface area (Å²) in [5.41, 5.74) is 3.06. The smallest absolute Gasteiger partial charge is 0.339 e. The summed E-state index contributed by atoms with van der Waals surface area (Å²) in [6.07, 6.45) is -0.937. The first kappa shape index (κ1) is 24.1. The van der Waals surface area contributed by atoms with Crippen molar-refractivity contribution in [2.24, 2.45) is 0 Å². The Kier molecular flexibility index (Phi) is 6.94. The van der Waals surface area contributed by atoms with E-state index in [1.54, 1.807) is 48.6 Å². The minimum absolute atomic E-state index is 0.148. The molecule has 4 aromatic rings.